The van der Waals surface area contributed by atoms with Crippen LogP contribution in [0.15, 0.2) is 45.6 Å². The molecule has 0 unspecified atom stereocenters. The number of ether oxygens (including phenoxy) is 4. The van der Waals surface area contributed by atoms with Crippen molar-refractivity contribution < 1.29 is 64.2 Å². The Morgan fingerprint density at radius 2 is 1.55 bits per heavy atom. The molecule has 14 heteroatoms. The smallest absolute Gasteiger partial charge is 0.197 e. The van der Waals surface area contributed by atoms with E-state index in [4.69, 9.17) is 23.4 Å². The Kier molecular flexibility index (Phi) is 8.44. The summed E-state index contributed by atoms with van der Waals surface area (Å²) in [5.74, 6) is -0.699. The fourth-order valence-corrected chi connectivity index (χ4v) is 5.25. The van der Waals surface area contributed by atoms with Gasteiger partial charge >= 0.3 is 0 Å². The lowest BCUT2D eigenvalue weighted by atomic mass is 9.89. The number of methoxy groups -OCH3 is 1. The van der Waals surface area contributed by atoms with Crippen LogP contribution in [0.4, 0.5) is 0 Å². The van der Waals surface area contributed by atoms with Gasteiger partial charge in [-0.15, -0.1) is 0 Å². The molecule has 2 fully saturated rings. The van der Waals surface area contributed by atoms with Crippen LogP contribution >= 0.6 is 0 Å². The van der Waals surface area contributed by atoms with Gasteiger partial charge in [0.15, 0.2) is 17.3 Å². The summed E-state index contributed by atoms with van der Waals surface area (Å²) in [5, 5.41) is 83.7. The maximum Gasteiger partial charge on any atom is 0.197 e. The number of fused-ring (bicyclic) bond motifs is 1. The number of aliphatic hydroxyl groups excluding tert-OH is 6. The van der Waals surface area contributed by atoms with Gasteiger partial charge in [0.1, 0.15) is 77.2 Å². The molecule has 14 nitrogen and oxygen atoms in total. The summed E-state index contributed by atoms with van der Waals surface area (Å²) < 4.78 is 28.4. The molecule has 0 bridgehead atoms. The molecule has 0 aliphatic carbocycles. The maximum absolute atomic E-state index is 13.2. The number of aliphatic hydroxyl groups is 6. The fraction of sp³-hybridized carbons (Fsp3) is 0.464. The molecule has 228 valence electrons. The van der Waals surface area contributed by atoms with E-state index in [2.05, 4.69) is 0 Å². The molecule has 8 N–H and O–H groups in total. The summed E-state index contributed by atoms with van der Waals surface area (Å²) in [6.45, 7) is 0.635. The van der Waals surface area contributed by atoms with Gasteiger partial charge in [-0.05, 0) is 31.2 Å². The highest BCUT2D eigenvalue weighted by Gasteiger charge is 2.51. The Morgan fingerprint density at radius 3 is 2.19 bits per heavy atom. The molecule has 0 radical (unpaired) electrons. The third-order valence-electron chi connectivity index (χ3n) is 7.62. The van der Waals surface area contributed by atoms with E-state index in [1.54, 1.807) is 24.3 Å². The van der Waals surface area contributed by atoms with Crippen LogP contribution in [0.1, 0.15) is 18.6 Å². The lowest BCUT2D eigenvalue weighted by molar-refractivity contribution is -0.338. The first-order valence-corrected chi connectivity index (χ1v) is 13.1. The standard InChI is InChI=1S/C28H32O14/c1-10-20(33)22(35)24(37)28(39-10)42-27-23(36)21(34)17(9-29)41-26(27)19-14(31)7-13(30)18-15(32)8-16(40-25(18)19)11-3-5-12(38-2)6-4-11/h3-8,10,17,20-24,26-31,33-37H,9H2,1-2H3/t10-,17+,20+,21-,22-,23-,24-,26-,27+,28-/m0/s1. The van der Waals surface area contributed by atoms with Gasteiger partial charge in [0.25, 0.3) is 0 Å². The average molecular weight is 593 g/mol. The van der Waals surface area contributed by atoms with Crippen LogP contribution in [-0.2, 0) is 14.2 Å². The predicted octanol–water partition coefficient (Wildman–Crippen LogP) is -0.754. The van der Waals surface area contributed by atoms with Crippen LogP contribution in [0.5, 0.6) is 17.2 Å². The molecule has 2 aliphatic heterocycles. The van der Waals surface area contributed by atoms with Gasteiger partial charge in [-0.3, -0.25) is 4.79 Å². The van der Waals surface area contributed by atoms with E-state index in [0.29, 0.717) is 11.3 Å². The molecule has 2 aliphatic rings. The average Bonchev–Trinajstić information content (AvgIpc) is 2.97. The monoisotopic (exact) mass is 592 g/mol. The summed E-state index contributed by atoms with van der Waals surface area (Å²) in [7, 11) is 1.48. The summed E-state index contributed by atoms with van der Waals surface area (Å²) >= 11 is 0. The van der Waals surface area contributed by atoms with Crippen molar-refractivity contribution in [2.24, 2.45) is 0 Å². The summed E-state index contributed by atoms with van der Waals surface area (Å²) in [6, 6.07) is 8.47. The molecule has 0 saturated carbocycles. The number of hydrogen-bond donors (Lipinski definition) is 8. The van der Waals surface area contributed by atoms with Crippen molar-refractivity contribution in [3.05, 3.63) is 52.2 Å². The SMILES string of the molecule is COc1ccc(-c2cc(=O)c3c(O)cc(O)c([C@@H]4O[C@H](CO)[C@H](O)[C@H](O)[C@H]4O[C@@H]4O[C@@H](C)[C@@H](O)[C@H](O)[C@@H]4O)c3o2)cc1. The van der Waals surface area contributed by atoms with Crippen molar-refractivity contribution in [2.45, 2.75) is 68.1 Å². The number of benzene rings is 2. The first kappa shape index (κ1) is 30.2. The normalized spacial score (nSPS) is 33.5. The van der Waals surface area contributed by atoms with Gasteiger partial charge in [0.2, 0.25) is 0 Å². The zero-order chi connectivity index (χ0) is 30.5. The highest BCUT2D eigenvalue weighted by molar-refractivity contribution is 5.89. The van der Waals surface area contributed by atoms with E-state index in [1.807, 2.05) is 0 Å². The zero-order valence-corrected chi connectivity index (χ0v) is 22.5. The van der Waals surface area contributed by atoms with Crippen molar-refractivity contribution in [3.8, 4) is 28.6 Å². The quantitative estimate of drug-likeness (QED) is 0.176. The Bertz CT molecular complexity index is 1470. The van der Waals surface area contributed by atoms with E-state index in [-0.39, 0.29) is 22.3 Å². The first-order valence-electron chi connectivity index (χ1n) is 13.1. The molecule has 2 saturated heterocycles. The number of rotatable bonds is 6. The number of phenols is 2. The lowest BCUT2D eigenvalue weighted by Crippen LogP contribution is -2.61. The Hall–Kier alpha value is -3.31. The molecule has 0 spiro atoms. The number of phenolic OH excluding ortho intramolecular Hbond substituents is 2. The zero-order valence-electron chi connectivity index (χ0n) is 22.5. The summed E-state index contributed by atoms with van der Waals surface area (Å²) in [5.41, 5.74) is -0.891. The first-order chi connectivity index (χ1) is 20.0. The van der Waals surface area contributed by atoms with Crippen molar-refractivity contribution in [3.63, 3.8) is 0 Å². The molecule has 3 aromatic rings. The Morgan fingerprint density at radius 1 is 0.857 bits per heavy atom. The second-order valence-corrected chi connectivity index (χ2v) is 10.3. The van der Waals surface area contributed by atoms with Gasteiger partial charge in [-0.1, -0.05) is 0 Å². The number of hydrogen-bond acceptors (Lipinski definition) is 14. The molecule has 10 atom stereocenters. The fourth-order valence-electron chi connectivity index (χ4n) is 5.25. The minimum atomic E-state index is -1.84. The second-order valence-electron chi connectivity index (χ2n) is 10.3. The van der Waals surface area contributed by atoms with Crippen molar-refractivity contribution in [1.82, 2.24) is 0 Å². The lowest BCUT2D eigenvalue weighted by Gasteiger charge is -2.46. The van der Waals surface area contributed by atoms with Gasteiger partial charge in [0, 0.05) is 17.7 Å². The highest BCUT2D eigenvalue weighted by atomic mass is 16.7. The van der Waals surface area contributed by atoms with Crippen LogP contribution in [0.2, 0.25) is 0 Å². The third kappa shape index (κ3) is 5.21. The number of aromatic hydroxyl groups is 2. The highest BCUT2D eigenvalue weighted by Crippen LogP contribution is 2.45. The predicted molar refractivity (Wildman–Crippen MR) is 142 cm³/mol. The molecule has 2 aromatic carbocycles. The van der Waals surface area contributed by atoms with Crippen LogP contribution < -0.4 is 10.2 Å². The summed E-state index contributed by atoms with van der Waals surface area (Å²) in [6.07, 6.45) is -15.9. The van der Waals surface area contributed by atoms with Gasteiger partial charge in [0.05, 0.1) is 25.4 Å². The molecule has 0 amide bonds. The molecule has 42 heavy (non-hydrogen) atoms. The maximum atomic E-state index is 13.2. The van der Waals surface area contributed by atoms with E-state index in [0.717, 1.165) is 12.1 Å². The van der Waals surface area contributed by atoms with E-state index in [9.17, 15) is 45.6 Å². The van der Waals surface area contributed by atoms with Gasteiger partial charge in [-0.25, -0.2) is 0 Å². The third-order valence-corrected chi connectivity index (χ3v) is 7.62. The summed E-state index contributed by atoms with van der Waals surface area (Å²) in [4.78, 5) is 13.2. The topological polar surface area (TPSA) is 229 Å². The van der Waals surface area contributed by atoms with E-state index < -0.39 is 84.8 Å². The molecular formula is C28H32O14. The largest absolute Gasteiger partial charge is 0.507 e. The second kappa shape index (κ2) is 11.8. The van der Waals surface area contributed by atoms with Gasteiger partial charge < -0.3 is 64.2 Å². The van der Waals surface area contributed by atoms with E-state index >= 15 is 0 Å². The van der Waals surface area contributed by atoms with Crippen LogP contribution in [0, 0.1) is 0 Å². The molecule has 3 heterocycles. The Labute approximate surface area is 238 Å². The van der Waals surface area contributed by atoms with Crippen molar-refractivity contribution in [1.29, 1.82) is 0 Å². The van der Waals surface area contributed by atoms with E-state index in [1.165, 1.54) is 14.0 Å². The molecular weight excluding hydrogens is 560 g/mol. The molecule has 5 rings (SSSR count). The van der Waals surface area contributed by atoms with Crippen molar-refractivity contribution >= 4 is 11.0 Å². The van der Waals surface area contributed by atoms with Crippen LogP contribution in [-0.4, -0.2) is 110 Å². The van der Waals surface area contributed by atoms with Crippen molar-refractivity contribution in [2.75, 3.05) is 13.7 Å². The Balaban J connectivity index is 1.66. The van der Waals surface area contributed by atoms with Gasteiger partial charge in [-0.2, -0.15) is 0 Å². The van der Waals surface area contributed by atoms with Crippen LogP contribution in [0.3, 0.4) is 0 Å². The minimum Gasteiger partial charge on any atom is -0.507 e. The minimum absolute atomic E-state index is 0.0333. The molecule has 1 aromatic heterocycles. The van der Waals surface area contributed by atoms with Crippen LogP contribution in [0.25, 0.3) is 22.3 Å².